The van der Waals surface area contributed by atoms with E-state index in [1.165, 1.54) is 12.3 Å². The Morgan fingerprint density at radius 3 is 2.50 bits per heavy atom. The molecule has 0 radical (unpaired) electrons. The number of fused-ring (bicyclic) bond motifs is 1. The number of alkyl halides is 2. The molecule has 2 aromatic carbocycles. The van der Waals surface area contributed by atoms with E-state index in [4.69, 9.17) is 0 Å². The van der Waals surface area contributed by atoms with Crippen molar-refractivity contribution in [2.24, 2.45) is 0 Å². The predicted molar refractivity (Wildman–Crippen MR) is 118 cm³/mol. The van der Waals surface area contributed by atoms with Crippen LogP contribution in [0.3, 0.4) is 0 Å². The van der Waals surface area contributed by atoms with Crippen LogP contribution in [-0.4, -0.2) is 25.8 Å². The molecule has 0 spiro atoms. The van der Waals surface area contributed by atoms with Crippen LogP contribution in [0, 0.1) is 11.8 Å². The van der Waals surface area contributed by atoms with Gasteiger partial charge in [0.15, 0.2) is 0 Å². The highest BCUT2D eigenvalue weighted by Crippen LogP contribution is 2.30. The van der Waals surface area contributed by atoms with E-state index in [2.05, 4.69) is 21.9 Å². The van der Waals surface area contributed by atoms with Crippen LogP contribution in [0.4, 0.5) is 8.78 Å². The van der Waals surface area contributed by atoms with Crippen LogP contribution in [0.1, 0.15) is 53.5 Å². The zero-order valence-corrected chi connectivity index (χ0v) is 17.4. The average molecular weight is 431 g/mol. The molecule has 1 N–H and O–H groups in total. The van der Waals surface area contributed by atoms with E-state index in [-0.39, 0.29) is 17.3 Å². The first-order valence-corrected chi connectivity index (χ1v) is 9.91. The van der Waals surface area contributed by atoms with Crippen molar-refractivity contribution in [3.8, 4) is 23.0 Å². The molecule has 2 aromatic heterocycles. The Balaban J connectivity index is 1.74. The molecule has 5 nitrogen and oxygen atoms in total. The number of aromatic carboxylic acids is 1. The van der Waals surface area contributed by atoms with Gasteiger partial charge in [0, 0.05) is 17.1 Å². The molecular formula is C25H19F2N3O2. The van der Waals surface area contributed by atoms with E-state index < -0.39 is 12.4 Å². The highest BCUT2D eigenvalue weighted by molar-refractivity contribution is 6.03. The van der Waals surface area contributed by atoms with Gasteiger partial charge in [-0.25, -0.2) is 13.6 Å². The molecule has 0 saturated heterocycles. The molecule has 0 saturated carbocycles. The van der Waals surface area contributed by atoms with Gasteiger partial charge in [-0.05, 0) is 54.8 Å². The molecule has 1 atom stereocenters. The smallest absolute Gasteiger partial charge is 0.337 e. The standard InChI is InChI=1S/C25H19F2N3O2/c1-3-4-18-9-10-20(25(31)32)23-21(18)14-29-30(23)15(2)16-5-7-17(8-6-16)19-11-12-28-22(13-19)24(26)27/h5-15,24H,1-2H3,(H,31,32)/t15-/m1/s1. The van der Waals surface area contributed by atoms with Crippen molar-refractivity contribution in [1.82, 2.24) is 14.8 Å². The Morgan fingerprint density at radius 1 is 1.09 bits per heavy atom. The summed E-state index contributed by atoms with van der Waals surface area (Å²) in [6.45, 7) is 3.64. The van der Waals surface area contributed by atoms with Gasteiger partial charge >= 0.3 is 5.97 Å². The van der Waals surface area contributed by atoms with Gasteiger partial charge < -0.3 is 5.11 Å². The summed E-state index contributed by atoms with van der Waals surface area (Å²) in [6, 6.07) is 13.5. The van der Waals surface area contributed by atoms with E-state index >= 15 is 0 Å². The predicted octanol–water partition coefficient (Wildman–Crippen LogP) is 5.71. The van der Waals surface area contributed by atoms with E-state index in [1.807, 2.05) is 31.2 Å². The summed E-state index contributed by atoms with van der Waals surface area (Å²) in [6.07, 6.45) is 0.371. The fraction of sp³-hybridized carbons (Fsp3) is 0.160. The van der Waals surface area contributed by atoms with Crippen molar-refractivity contribution < 1.29 is 18.7 Å². The lowest BCUT2D eigenvalue weighted by Gasteiger charge is -2.16. The van der Waals surface area contributed by atoms with Crippen molar-refractivity contribution in [2.45, 2.75) is 26.3 Å². The second-order valence-corrected chi connectivity index (χ2v) is 7.26. The lowest BCUT2D eigenvalue weighted by molar-refractivity contribution is 0.0698. The molecule has 0 amide bonds. The summed E-state index contributed by atoms with van der Waals surface area (Å²) in [4.78, 5) is 15.5. The molecule has 7 heteroatoms. The number of halogens is 2. The van der Waals surface area contributed by atoms with Crippen LogP contribution in [0.5, 0.6) is 0 Å². The van der Waals surface area contributed by atoms with E-state index in [0.717, 1.165) is 11.1 Å². The minimum atomic E-state index is -2.63. The van der Waals surface area contributed by atoms with E-state index in [0.29, 0.717) is 22.0 Å². The highest BCUT2D eigenvalue weighted by atomic mass is 19.3. The summed E-state index contributed by atoms with van der Waals surface area (Å²) < 4.78 is 27.6. The third-order valence-corrected chi connectivity index (χ3v) is 5.35. The first-order valence-electron chi connectivity index (χ1n) is 9.91. The second kappa shape index (κ2) is 8.60. The minimum Gasteiger partial charge on any atom is -0.478 e. The number of hydrogen-bond acceptors (Lipinski definition) is 3. The van der Waals surface area contributed by atoms with Crippen molar-refractivity contribution in [1.29, 1.82) is 0 Å². The van der Waals surface area contributed by atoms with Gasteiger partial charge in [-0.3, -0.25) is 9.67 Å². The molecule has 0 aliphatic heterocycles. The Bertz CT molecular complexity index is 1370. The SMILES string of the molecule is CC#Cc1ccc(C(=O)O)c2c1cnn2[C@H](C)c1ccc(-c2ccnc(C(F)F)c2)cc1. The summed E-state index contributed by atoms with van der Waals surface area (Å²) in [5.41, 5.74) is 3.43. The van der Waals surface area contributed by atoms with Crippen LogP contribution >= 0.6 is 0 Å². The fourth-order valence-corrected chi connectivity index (χ4v) is 3.72. The molecule has 0 aliphatic rings. The zero-order chi connectivity index (χ0) is 22.8. The van der Waals surface area contributed by atoms with Gasteiger partial charge in [0.2, 0.25) is 0 Å². The Hall–Kier alpha value is -4.05. The number of carbonyl (C=O) groups is 1. The summed E-state index contributed by atoms with van der Waals surface area (Å²) >= 11 is 0. The normalized spacial score (nSPS) is 11.9. The molecule has 160 valence electrons. The third kappa shape index (κ3) is 3.83. The topological polar surface area (TPSA) is 68.0 Å². The summed E-state index contributed by atoms with van der Waals surface area (Å²) in [5.74, 6) is 4.79. The van der Waals surface area contributed by atoms with Crippen molar-refractivity contribution in [3.05, 3.63) is 83.3 Å². The quantitative estimate of drug-likeness (QED) is 0.411. The van der Waals surface area contributed by atoms with Gasteiger partial charge in [0.05, 0.1) is 23.3 Å². The average Bonchev–Trinajstić information content (AvgIpc) is 3.24. The van der Waals surface area contributed by atoms with Gasteiger partial charge in [0.25, 0.3) is 6.43 Å². The molecule has 0 unspecified atom stereocenters. The number of pyridine rings is 1. The minimum absolute atomic E-state index is 0.152. The van der Waals surface area contributed by atoms with Gasteiger partial charge in [-0.2, -0.15) is 5.10 Å². The Morgan fingerprint density at radius 2 is 1.84 bits per heavy atom. The molecule has 0 bridgehead atoms. The largest absolute Gasteiger partial charge is 0.478 e. The van der Waals surface area contributed by atoms with Gasteiger partial charge in [-0.1, -0.05) is 30.2 Å². The third-order valence-electron chi connectivity index (χ3n) is 5.35. The molecule has 2 heterocycles. The number of nitrogens with zero attached hydrogens (tertiary/aromatic N) is 3. The van der Waals surface area contributed by atoms with Crippen LogP contribution < -0.4 is 0 Å². The fourth-order valence-electron chi connectivity index (χ4n) is 3.72. The van der Waals surface area contributed by atoms with Gasteiger partial charge in [-0.15, -0.1) is 5.92 Å². The van der Waals surface area contributed by atoms with Crippen LogP contribution in [0.25, 0.3) is 22.0 Å². The van der Waals surface area contributed by atoms with Gasteiger partial charge in [0.1, 0.15) is 5.69 Å². The van der Waals surface area contributed by atoms with E-state index in [9.17, 15) is 18.7 Å². The molecule has 4 rings (SSSR count). The summed E-state index contributed by atoms with van der Waals surface area (Å²) in [7, 11) is 0. The number of benzene rings is 2. The number of carboxylic acid groups (broad SMARTS) is 1. The van der Waals surface area contributed by atoms with Crippen LogP contribution in [0.2, 0.25) is 0 Å². The first-order chi connectivity index (χ1) is 15.4. The second-order valence-electron chi connectivity index (χ2n) is 7.26. The number of carboxylic acids is 1. The van der Waals surface area contributed by atoms with Crippen LogP contribution in [0.15, 0.2) is 60.9 Å². The van der Waals surface area contributed by atoms with E-state index in [1.54, 1.807) is 36.0 Å². The Kier molecular flexibility index (Phi) is 5.69. The monoisotopic (exact) mass is 431 g/mol. The molecule has 32 heavy (non-hydrogen) atoms. The number of rotatable bonds is 5. The zero-order valence-electron chi connectivity index (χ0n) is 17.4. The Labute approximate surface area is 183 Å². The lowest BCUT2D eigenvalue weighted by Crippen LogP contribution is -2.11. The van der Waals surface area contributed by atoms with Crippen molar-refractivity contribution in [2.75, 3.05) is 0 Å². The molecule has 0 fully saturated rings. The molecular weight excluding hydrogens is 412 g/mol. The maximum atomic E-state index is 13.0. The maximum absolute atomic E-state index is 13.0. The van der Waals surface area contributed by atoms with Crippen molar-refractivity contribution >= 4 is 16.9 Å². The summed E-state index contributed by atoms with van der Waals surface area (Å²) in [5, 5.41) is 14.8. The van der Waals surface area contributed by atoms with Crippen LogP contribution in [-0.2, 0) is 0 Å². The number of hydrogen-bond donors (Lipinski definition) is 1. The maximum Gasteiger partial charge on any atom is 0.337 e. The first kappa shape index (κ1) is 21.2. The van der Waals surface area contributed by atoms with Crippen molar-refractivity contribution in [3.63, 3.8) is 0 Å². The highest BCUT2D eigenvalue weighted by Gasteiger charge is 2.20. The lowest BCUT2D eigenvalue weighted by atomic mass is 10.0. The molecule has 0 aliphatic carbocycles. The molecule has 4 aromatic rings. The number of aromatic nitrogens is 3.